The lowest BCUT2D eigenvalue weighted by molar-refractivity contribution is -0.185. The summed E-state index contributed by atoms with van der Waals surface area (Å²) in [5.74, 6) is -0.563. The number of hydrogen-bond donors (Lipinski definition) is 1. The minimum atomic E-state index is -4.57. The summed E-state index contributed by atoms with van der Waals surface area (Å²) < 4.78 is 82.3. The van der Waals surface area contributed by atoms with Crippen molar-refractivity contribution < 1.29 is 41.0 Å². The molecule has 2 aromatic rings. The predicted octanol–water partition coefficient (Wildman–Crippen LogP) is 5.58. The van der Waals surface area contributed by atoms with Gasteiger partial charge in [-0.3, -0.25) is 0 Å². The number of nitrogens with zero attached hydrogens (tertiary/aromatic N) is 2. The highest BCUT2D eigenvalue weighted by atomic mass is 19.4. The van der Waals surface area contributed by atoms with Crippen molar-refractivity contribution in [2.24, 2.45) is 0 Å². The number of rotatable bonds is 4. The topological polar surface area (TPSA) is 54.8 Å². The molecule has 0 amide bonds. The molecule has 2 aliphatic heterocycles. The quantitative estimate of drug-likeness (QED) is 0.601. The number of aromatic nitrogens is 1. The first kappa shape index (κ1) is 22.5. The smallest absolute Gasteiger partial charge is 0.417 e. The highest BCUT2D eigenvalue weighted by Gasteiger charge is 2.42. The number of pyridine rings is 1. The molecule has 2 saturated heterocycles. The average molecular weight is 462 g/mol. The van der Waals surface area contributed by atoms with Crippen LogP contribution in [0.25, 0.3) is 0 Å². The number of benzene rings is 1. The number of fused-ring (bicyclic) bond motifs is 2. The zero-order valence-corrected chi connectivity index (χ0v) is 16.7. The van der Waals surface area contributed by atoms with Crippen LogP contribution < -0.4 is 9.57 Å². The largest absolute Gasteiger partial charge is 0.504 e. The van der Waals surface area contributed by atoms with Crippen molar-refractivity contribution in [2.45, 2.75) is 62.6 Å². The summed E-state index contributed by atoms with van der Waals surface area (Å²) in [7, 11) is 0. The van der Waals surface area contributed by atoms with E-state index in [9.17, 15) is 31.4 Å². The number of alkyl halides is 6. The van der Waals surface area contributed by atoms with Crippen molar-refractivity contribution in [1.82, 2.24) is 10.0 Å². The molecule has 1 aromatic carbocycles. The first-order valence-electron chi connectivity index (χ1n) is 10.1. The lowest BCUT2D eigenvalue weighted by Gasteiger charge is -2.46. The molecule has 0 spiro atoms. The van der Waals surface area contributed by atoms with E-state index in [4.69, 9.17) is 9.57 Å². The normalized spacial score (nSPS) is 24.2. The van der Waals surface area contributed by atoms with Crippen LogP contribution in [0.15, 0.2) is 36.5 Å². The third-order valence-electron chi connectivity index (χ3n) is 5.71. The summed E-state index contributed by atoms with van der Waals surface area (Å²) in [5, 5.41) is 11.7. The third kappa shape index (κ3) is 4.87. The lowest BCUT2D eigenvalue weighted by Crippen LogP contribution is -2.55. The molecule has 2 fully saturated rings. The first-order chi connectivity index (χ1) is 15.0. The summed E-state index contributed by atoms with van der Waals surface area (Å²) >= 11 is 0. The standard InChI is InChI=1S/C21H20F6N2O3/c22-20(23,24)12-4-6-18(17(30)8-12)31-16-9-14-2-1-3-15(10-16)29(14)32-19-7-5-13(11-28-19)21(25,26)27/h4-8,11,14-16,30H,1-3,9-10H2/t14-,15+,16+. The number of ether oxygens (including phenoxy) is 1. The Balaban J connectivity index is 1.42. The van der Waals surface area contributed by atoms with E-state index in [-0.39, 0.29) is 29.8 Å². The van der Waals surface area contributed by atoms with Gasteiger partial charge in [0, 0.05) is 37.2 Å². The van der Waals surface area contributed by atoms with Crippen LogP contribution in [-0.4, -0.2) is 33.3 Å². The van der Waals surface area contributed by atoms with E-state index in [0.29, 0.717) is 25.1 Å². The summed E-state index contributed by atoms with van der Waals surface area (Å²) in [6.45, 7) is 0. The molecule has 11 heteroatoms. The summed E-state index contributed by atoms with van der Waals surface area (Å²) in [4.78, 5) is 9.54. The lowest BCUT2D eigenvalue weighted by atomic mass is 9.84. The molecule has 0 radical (unpaired) electrons. The van der Waals surface area contributed by atoms with Gasteiger partial charge in [0.25, 0.3) is 0 Å². The van der Waals surface area contributed by atoms with Gasteiger partial charge in [-0.15, -0.1) is 5.06 Å². The summed E-state index contributed by atoms with van der Waals surface area (Å²) in [6, 6.07) is 4.45. The molecule has 2 aliphatic rings. The molecule has 1 N–H and O–H groups in total. The van der Waals surface area contributed by atoms with E-state index in [1.54, 1.807) is 5.06 Å². The van der Waals surface area contributed by atoms with Crippen LogP contribution in [0.4, 0.5) is 26.3 Å². The highest BCUT2D eigenvalue weighted by Crippen LogP contribution is 2.40. The molecule has 4 rings (SSSR count). The molecule has 3 atom stereocenters. The van der Waals surface area contributed by atoms with E-state index < -0.39 is 29.2 Å². The maximum absolute atomic E-state index is 12.8. The maximum Gasteiger partial charge on any atom is 0.417 e. The molecule has 0 aliphatic carbocycles. The second-order valence-corrected chi connectivity index (χ2v) is 7.96. The number of hydrogen-bond acceptors (Lipinski definition) is 5. The zero-order valence-electron chi connectivity index (χ0n) is 16.7. The van der Waals surface area contributed by atoms with Crippen LogP contribution in [-0.2, 0) is 12.4 Å². The Bertz CT molecular complexity index is 934. The fourth-order valence-corrected chi connectivity index (χ4v) is 4.22. The van der Waals surface area contributed by atoms with Gasteiger partial charge >= 0.3 is 12.4 Å². The molecule has 2 bridgehead atoms. The zero-order chi connectivity index (χ0) is 23.1. The second kappa shape index (κ2) is 8.34. The van der Waals surface area contributed by atoms with Crippen LogP contribution in [0.3, 0.4) is 0 Å². The van der Waals surface area contributed by atoms with Gasteiger partial charge in [0.1, 0.15) is 6.10 Å². The van der Waals surface area contributed by atoms with E-state index in [0.717, 1.165) is 37.5 Å². The SMILES string of the molecule is Oc1cc(C(F)(F)F)ccc1O[C@H]1C[C@H]2CCC[C@@H](C1)N2Oc1ccc(C(F)(F)F)cn1. The van der Waals surface area contributed by atoms with Gasteiger partial charge in [0.05, 0.1) is 11.1 Å². The Morgan fingerprint density at radius 2 is 1.53 bits per heavy atom. The van der Waals surface area contributed by atoms with Gasteiger partial charge in [0.15, 0.2) is 11.5 Å². The van der Waals surface area contributed by atoms with Crippen molar-refractivity contribution >= 4 is 0 Å². The third-order valence-corrected chi connectivity index (χ3v) is 5.71. The molecular weight excluding hydrogens is 442 g/mol. The first-order valence-corrected chi connectivity index (χ1v) is 10.1. The van der Waals surface area contributed by atoms with Gasteiger partial charge in [-0.1, -0.05) is 6.42 Å². The predicted molar refractivity (Wildman–Crippen MR) is 99.9 cm³/mol. The Morgan fingerprint density at radius 3 is 2.06 bits per heavy atom. The summed E-state index contributed by atoms with van der Waals surface area (Å²) in [5.41, 5.74) is -1.83. The number of piperidine rings is 2. The Morgan fingerprint density at radius 1 is 0.906 bits per heavy atom. The Hall–Kier alpha value is -2.69. The molecule has 5 nitrogen and oxygen atoms in total. The Kier molecular flexibility index (Phi) is 5.87. The molecular formula is C21H20F6N2O3. The van der Waals surface area contributed by atoms with Crippen LogP contribution in [0.2, 0.25) is 0 Å². The minimum absolute atomic E-state index is 0.0279. The molecule has 1 aromatic heterocycles. The van der Waals surface area contributed by atoms with E-state index in [1.165, 1.54) is 6.07 Å². The fraction of sp³-hybridized carbons (Fsp3) is 0.476. The second-order valence-electron chi connectivity index (χ2n) is 7.96. The van der Waals surface area contributed by atoms with Gasteiger partial charge in [-0.2, -0.15) is 26.3 Å². The number of hydroxylamine groups is 2. The van der Waals surface area contributed by atoms with Gasteiger partial charge in [0.2, 0.25) is 5.88 Å². The van der Waals surface area contributed by atoms with E-state index in [2.05, 4.69) is 4.98 Å². The molecule has 3 heterocycles. The monoisotopic (exact) mass is 462 g/mol. The van der Waals surface area contributed by atoms with E-state index >= 15 is 0 Å². The van der Waals surface area contributed by atoms with Crippen molar-refractivity contribution in [3.05, 3.63) is 47.7 Å². The minimum Gasteiger partial charge on any atom is -0.504 e. The van der Waals surface area contributed by atoms with Gasteiger partial charge in [-0.25, -0.2) is 4.98 Å². The summed E-state index contributed by atoms with van der Waals surface area (Å²) in [6.07, 6.45) is -5.26. The number of aromatic hydroxyl groups is 1. The van der Waals surface area contributed by atoms with E-state index in [1.807, 2.05) is 0 Å². The van der Waals surface area contributed by atoms with Crippen LogP contribution in [0.1, 0.15) is 43.2 Å². The van der Waals surface area contributed by atoms with Crippen molar-refractivity contribution in [1.29, 1.82) is 0 Å². The average Bonchev–Trinajstić information content (AvgIpc) is 2.69. The van der Waals surface area contributed by atoms with Gasteiger partial charge < -0.3 is 14.7 Å². The van der Waals surface area contributed by atoms with Crippen molar-refractivity contribution in [2.75, 3.05) is 0 Å². The van der Waals surface area contributed by atoms with Crippen LogP contribution in [0, 0.1) is 0 Å². The molecule has 174 valence electrons. The number of halogens is 6. The van der Waals surface area contributed by atoms with Gasteiger partial charge in [-0.05, 0) is 37.1 Å². The van der Waals surface area contributed by atoms with Crippen LogP contribution >= 0.6 is 0 Å². The van der Waals surface area contributed by atoms with Crippen molar-refractivity contribution in [3.8, 4) is 17.4 Å². The Labute approximate surface area is 179 Å². The van der Waals surface area contributed by atoms with Crippen LogP contribution in [0.5, 0.6) is 17.4 Å². The van der Waals surface area contributed by atoms with Crippen molar-refractivity contribution in [3.63, 3.8) is 0 Å². The molecule has 0 unspecified atom stereocenters. The molecule has 0 saturated carbocycles. The molecule has 32 heavy (non-hydrogen) atoms. The number of phenols is 1. The fourth-order valence-electron chi connectivity index (χ4n) is 4.22. The number of phenolic OH excluding ortho intramolecular Hbond substituents is 1. The maximum atomic E-state index is 12.8. The highest BCUT2D eigenvalue weighted by molar-refractivity contribution is 5.42.